The molecule has 2 nitrogen and oxygen atoms in total. The van der Waals surface area contributed by atoms with Gasteiger partial charge in [0.25, 0.3) is 0 Å². The van der Waals surface area contributed by atoms with Crippen LogP contribution in [0, 0.1) is 16.7 Å². The molecule has 0 heterocycles. The molecule has 2 aliphatic rings. The lowest BCUT2D eigenvalue weighted by atomic mass is 10.0. The number of hydrogen-bond donors (Lipinski definition) is 1. The molecular weight excluding hydrogens is 162 g/mol. The van der Waals surface area contributed by atoms with Gasteiger partial charge in [-0.25, -0.2) is 0 Å². The van der Waals surface area contributed by atoms with E-state index in [9.17, 15) is 4.79 Å². The van der Waals surface area contributed by atoms with Crippen molar-refractivity contribution < 1.29 is 4.79 Å². The molecule has 13 heavy (non-hydrogen) atoms. The number of hydrogen-bond acceptors (Lipinski definition) is 1. The lowest BCUT2D eigenvalue weighted by Crippen LogP contribution is -2.30. The SMILES string of the molecule is CC1(C)C(NC(=O)C2CC2)C1(C)C. The predicted molar refractivity (Wildman–Crippen MR) is 52.2 cm³/mol. The maximum atomic E-state index is 11.5. The van der Waals surface area contributed by atoms with Gasteiger partial charge in [0.2, 0.25) is 5.91 Å². The fraction of sp³-hybridized carbons (Fsp3) is 0.909. The van der Waals surface area contributed by atoms with E-state index >= 15 is 0 Å². The third-order valence-corrected chi connectivity index (χ3v) is 4.26. The molecule has 0 aromatic heterocycles. The standard InChI is InChI=1S/C11H19NO/c1-10(2)9(11(10,3)4)12-8(13)7-5-6-7/h7,9H,5-6H2,1-4H3,(H,12,13). The summed E-state index contributed by atoms with van der Waals surface area (Å²) in [6.45, 7) is 8.91. The molecule has 2 heteroatoms. The molecule has 0 aliphatic heterocycles. The molecule has 2 fully saturated rings. The van der Waals surface area contributed by atoms with Crippen LogP contribution in [0.1, 0.15) is 40.5 Å². The molecule has 0 aromatic rings. The van der Waals surface area contributed by atoms with Gasteiger partial charge in [-0.2, -0.15) is 0 Å². The lowest BCUT2D eigenvalue weighted by molar-refractivity contribution is -0.122. The molecule has 1 amide bonds. The lowest BCUT2D eigenvalue weighted by Gasteiger charge is -2.04. The van der Waals surface area contributed by atoms with Crippen molar-refractivity contribution in [3.05, 3.63) is 0 Å². The third kappa shape index (κ3) is 1.18. The van der Waals surface area contributed by atoms with Crippen molar-refractivity contribution in [3.8, 4) is 0 Å². The third-order valence-electron chi connectivity index (χ3n) is 4.26. The van der Waals surface area contributed by atoms with Crippen LogP contribution in [-0.2, 0) is 4.79 Å². The van der Waals surface area contributed by atoms with E-state index in [2.05, 4.69) is 33.0 Å². The van der Waals surface area contributed by atoms with Crippen LogP contribution in [0.5, 0.6) is 0 Å². The van der Waals surface area contributed by atoms with Gasteiger partial charge < -0.3 is 5.32 Å². The first-order valence-corrected chi connectivity index (χ1v) is 5.18. The summed E-state index contributed by atoms with van der Waals surface area (Å²) in [6.07, 6.45) is 2.19. The monoisotopic (exact) mass is 181 g/mol. The normalized spacial score (nSPS) is 29.8. The fourth-order valence-corrected chi connectivity index (χ4v) is 2.16. The number of carbonyl (C=O) groups is 1. The van der Waals surface area contributed by atoms with E-state index in [4.69, 9.17) is 0 Å². The Labute approximate surface area is 80.1 Å². The summed E-state index contributed by atoms with van der Waals surface area (Å²) in [5, 5.41) is 3.16. The van der Waals surface area contributed by atoms with Gasteiger partial charge in [-0.15, -0.1) is 0 Å². The largest absolute Gasteiger partial charge is 0.352 e. The summed E-state index contributed by atoms with van der Waals surface area (Å²) in [5.74, 6) is 0.621. The summed E-state index contributed by atoms with van der Waals surface area (Å²) in [6, 6.07) is 0.382. The van der Waals surface area contributed by atoms with Gasteiger partial charge in [0.15, 0.2) is 0 Å². The molecule has 0 saturated heterocycles. The maximum absolute atomic E-state index is 11.5. The van der Waals surface area contributed by atoms with Crippen molar-refractivity contribution in [2.75, 3.05) is 0 Å². The Morgan fingerprint density at radius 1 is 1.15 bits per heavy atom. The topological polar surface area (TPSA) is 29.1 Å². The van der Waals surface area contributed by atoms with E-state index in [0.29, 0.717) is 12.0 Å². The van der Waals surface area contributed by atoms with Crippen LogP contribution in [0.25, 0.3) is 0 Å². The number of carbonyl (C=O) groups excluding carboxylic acids is 1. The van der Waals surface area contributed by atoms with Crippen LogP contribution in [0.15, 0.2) is 0 Å². The summed E-state index contributed by atoms with van der Waals surface area (Å²) < 4.78 is 0. The van der Waals surface area contributed by atoms with Gasteiger partial charge in [-0.05, 0) is 23.7 Å². The van der Waals surface area contributed by atoms with E-state index in [1.165, 1.54) is 0 Å². The first kappa shape index (κ1) is 9.04. The Hall–Kier alpha value is -0.530. The summed E-state index contributed by atoms with van der Waals surface area (Å²) in [5.41, 5.74) is 0.551. The van der Waals surface area contributed by atoms with E-state index in [-0.39, 0.29) is 16.7 Å². The summed E-state index contributed by atoms with van der Waals surface area (Å²) in [4.78, 5) is 11.5. The van der Waals surface area contributed by atoms with Gasteiger partial charge in [0, 0.05) is 12.0 Å². The van der Waals surface area contributed by atoms with Crippen LogP contribution in [0.4, 0.5) is 0 Å². The quantitative estimate of drug-likeness (QED) is 0.693. The highest BCUT2D eigenvalue weighted by Crippen LogP contribution is 2.62. The molecule has 0 atom stereocenters. The van der Waals surface area contributed by atoms with Crippen LogP contribution < -0.4 is 5.32 Å². The van der Waals surface area contributed by atoms with E-state index in [0.717, 1.165) is 12.8 Å². The average Bonchev–Trinajstić information content (AvgIpc) is 2.86. The Morgan fingerprint density at radius 3 is 1.92 bits per heavy atom. The van der Waals surface area contributed by atoms with Gasteiger partial charge >= 0.3 is 0 Å². The number of amides is 1. The Bertz CT molecular complexity index is 237. The minimum absolute atomic E-state index is 0.275. The zero-order valence-corrected chi connectivity index (χ0v) is 8.98. The molecule has 0 spiro atoms. The molecule has 0 unspecified atom stereocenters. The second-order valence-electron chi connectivity index (χ2n) is 5.66. The van der Waals surface area contributed by atoms with Crippen molar-refractivity contribution >= 4 is 5.91 Å². The first-order valence-electron chi connectivity index (χ1n) is 5.18. The molecule has 0 bridgehead atoms. The second kappa shape index (κ2) is 2.28. The minimum atomic E-state index is 0.275. The van der Waals surface area contributed by atoms with Gasteiger partial charge in [-0.1, -0.05) is 27.7 Å². The molecule has 2 aliphatic carbocycles. The average molecular weight is 181 g/mol. The van der Waals surface area contributed by atoms with Crippen LogP contribution in [-0.4, -0.2) is 11.9 Å². The molecule has 2 rings (SSSR count). The van der Waals surface area contributed by atoms with Crippen LogP contribution >= 0.6 is 0 Å². The second-order valence-corrected chi connectivity index (χ2v) is 5.66. The van der Waals surface area contributed by atoms with Crippen molar-refractivity contribution in [2.24, 2.45) is 16.7 Å². The molecule has 2 saturated carbocycles. The minimum Gasteiger partial charge on any atom is -0.352 e. The molecule has 0 aromatic carbocycles. The molecular formula is C11H19NO. The van der Waals surface area contributed by atoms with Crippen LogP contribution in [0.2, 0.25) is 0 Å². The van der Waals surface area contributed by atoms with Crippen molar-refractivity contribution in [3.63, 3.8) is 0 Å². The first-order chi connectivity index (χ1) is 5.87. The van der Waals surface area contributed by atoms with Gasteiger partial charge in [0.1, 0.15) is 0 Å². The van der Waals surface area contributed by atoms with Gasteiger partial charge in [-0.3, -0.25) is 4.79 Å². The van der Waals surface area contributed by atoms with E-state index < -0.39 is 0 Å². The highest BCUT2D eigenvalue weighted by Gasteiger charge is 2.65. The zero-order valence-electron chi connectivity index (χ0n) is 8.98. The molecule has 1 N–H and O–H groups in total. The van der Waals surface area contributed by atoms with Crippen LogP contribution in [0.3, 0.4) is 0 Å². The van der Waals surface area contributed by atoms with E-state index in [1.54, 1.807) is 0 Å². The summed E-state index contributed by atoms with van der Waals surface area (Å²) >= 11 is 0. The molecule has 74 valence electrons. The Kier molecular flexibility index (Phi) is 1.59. The maximum Gasteiger partial charge on any atom is 0.223 e. The molecule has 0 radical (unpaired) electrons. The highest BCUT2D eigenvalue weighted by atomic mass is 16.2. The highest BCUT2D eigenvalue weighted by molar-refractivity contribution is 5.81. The number of nitrogens with one attached hydrogen (secondary N) is 1. The predicted octanol–water partition coefficient (Wildman–Crippen LogP) is 1.95. The van der Waals surface area contributed by atoms with Gasteiger partial charge in [0.05, 0.1) is 0 Å². The number of rotatable bonds is 2. The van der Waals surface area contributed by atoms with Crippen molar-refractivity contribution in [1.29, 1.82) is 0 Å². The Morgan fingerprint density at radius 2 is 1.62 bits per heavy atom. The van der Waals surface area contributed by atoms with Crippen molar-refractivity contribution in [2.45, 2.75) is 46.6 Å². The fourth-order valence-electron chi connectivity index (χ4n) is 2.16. The summed E-state index contributed by atoms with van der Waals surface area (Å²) in [7, 11) is 0. The Balaban J connectivity index is 1.94. The zero-order chi connectivity index (χ0) is 9.85. The van der Waals surface area contributed by atoms with Crippen molar-refractivity contribution in [1.82, 2.24) is 5.32 Å². The smallest absolute Gasteiger partial charge is 0.223 e. The van der Waals surface area contributed by atoms with E-state index in [1.807, 2.05) is 0 Å².